The number of hydrogen-bond acceptors (Lipinski definition) is 3. The highest BCUT2D eigenvalue weighted by Crippen LogP contribution is 2.33. The van der Waals surface area contributed by atoms with Crippen molar-refractivity contribution in [3.8, 4) is 0 Å². The molecule has 1 aliphatic rings. The highest BCUT2D eigenvalue weighted by atomic mass is 32.2. The van der Waals surface area contributed by atoms with Crippen LogP contribution in [-0.4, -0.2) is 30.5 Å². The molecule has 0 aliphatic heterocycles. The first-order valence-electron chi connectivity index (χ1n) is 5.34. The lowest BCUT2D eigenvalue weighted by Gasteiger charge is -2.11. The van der Waals surface area contributed by atoms with Crippen LogP contribution in [0.1, 0.15) is 30.3 Å². The van der Waals surface area contributed by atoms with E-state index in [0.29, 0.717) is 5.92 Å². The third-order valence-corrected chi connectivity index (χ3v) is 4.41. The molecule has 0 aromatic carbocycles. The number of carbonyl (C=O) groups is 1. The maximum Gasteiger partial charge on any atom is 0.352 e. The molecule has 1 aromatic rings. The van der Waals surface area contributed by atoms with E-state index in [1.54, 1.807) is 0 Å². The topological polar surface area (TPSA) is 99.3 Å². The Morgan fingerprint density at radius 1 is 1.59 bits per heavy atom. The summed E-state index contributed by atoms with van der Waals surface area (Å²) in [7, 11) is -3.62. The van der Waals surface area contributed by atoms with Gasteiger partial charge in [0, 0.05) is 12.2 Å². The van der Waals surface area contributed by atoms with E-state index in [-0.39, 0.29) is 16.6 Å². The molecule has 1 fully saturated rings. The first kappa shape index (κ1) is 12.1. The molecule has 0 bridgehead atoms. The third-order valence-electron chi connectivity index (χ3n) is 2.87. The predicted molar refractivity (Wildman–Crippen MR) is 60.3 cm³/mol. The van der Waals surface area contributed by atoms with Crippen molar-refractivity contribution in [2.45, 2.75) is 30.7 Å². The average Bonchev–Trinajstić information content (AvgIpc) is 2.93. The standard InChI is InChI=1S/C10H14N2O4S/c1-6(7-2-3-7)12-17(15,16)8-4-9(10(13)14)11-5-8/h4-7,11-12H,2-3H2,1H3,(H,13,14). The Morgan fingerprint density at radius 2 is 2.24 bits per heavy atom. The molecule has 1 atom stereocenters. The lowest BCUT2D eigenvalue weighted by atomic mass is 10.2. The fourth-order valence-corrected chi connectivity index (χ4v) is 2.96. The number of rotatable bonds is 5. The van der Waals surface area contributed by atoms with Crippen molar-refractivity contribution in [3.63, 3.8) is 0 Å². The van der Waals surface area contributed by atoms with Crippen LogP contribution in [0.3, 0.4) is 0 Å². The molecule has 1 heterocycles. The zero-order valence-electron chi connectivity index (χ0n) is 9.30. The molecule has 94 valence electrons. The summed E-state index contributed by atoms with van der Waals surface area (Å²) in [4.78, 5) is 13.0. The molecule has 0 saturated heterocycles. The molecule has 2 rings (SSSR count). The first-order valence-corrected chi connectivity index (χ1v) is 6.82. The summed E-state index contributed by atoms with van der Waals surface area (Å²) in [6.07, 6.45) is 3.26. The van der Waals surface area contributed by atoms with Gasteiger partial charge in [-0.2, -0.15) is 0 Å². The van der Waals surface area contributed by atoms with Gasteiger partial charge in [-0.05, 0) is 31.7 Å². The van der Waals surface area contributed by atoms with Crippen LogP contribution in [-0.2, 0) is 10.0 Å². The van der Waals surface area contributed by atoms with Gasteiger partial charge in [-0.1, -0.05) is 0 Å². The van der Waals surface area contributed by atoms with Gasteiger partial charge in [0.05, 0.1) is 0 Å². The maximum absolute atomic E-state index is 11.9. The van der Waals surface area contributed by atoms with Crippen LogP contribution >= 0.6 is 0 Å². The number of hydrogen-bond donors (Lipinski definition) is 3. The fraction of sp³-hybridized carbons (Fsp3) is 0.500. The summed E-state index contributed by atoms with van der Waals surface area (Å²) in [6.45, 7) is 1.82. The molecule has 1 aromatic heterocycles. The molecule has 0 spiro atoms. The SMILES string of the molecule is CC(NS(=O)(=O)c1c[nH]c(C(=O)O)c1)C1CC1. The predicted octanol–water partition coefficient (Wildman–Crippen LogP) is 0.790. The lowest BCUT2D eigenvalue weighted by Crippen LogP contribution is -2.33. The number of aromatic carboxylic acids is 1. The zero-order valence-corrected chi connectivity index (χ0v) is 10.1. The van der Waals surface area contributed by atoms with Gasteiger partial charge < -0.3 is 10.1 Å². The number of H-pyrrole nitrogens is 1. The molecular formula is C10H14N2O4S. The van der Waals surface area contributed by atoms with Crippen molar-refractivity contribution in [3.05, 3.63) is 18.0 Å². The van der Waals surface area contributed by atoms with Crippen molar-refractivity contribution in [2.24, 2.45) is 5.92 Å². The number of carboxylic acid groups (broad SMARTS) is 1. The van der Waals surface area contributed by atoms with Crippen molar-refractivity contribution in [1.29, 1.82) is 0 Å². The zero-order chi connectivity index (χ0) is 12.6. The molecule has 1 unspecified atom stereocenters. The summed E-state index contributed by atoms with van der Waals surface area (Å²) >= 11 is 0. The van der Waals surface area contributed by atoms with Crippen molar-refractivity contribution < 1.29 is 18.3 Å². The van der Waals surface area contributed by atoms with Crippen LogP contribution in [0.4, 0.5) is 0 Å². The largest absolute Gasteiger partial charge is 0.477 e. The van der Waals surface area contributed by atoms with Gasteiger partial charge >= 0.3 is 5.97 Å². The Labute approximate surface area is 99.1 Å². The van der Waals surface area contributed by atoms with Crippen LogP contribution in [0.2, 0.25) is 0 Å². The lowest BCUT2D eigenvalue weighted by molar-refractivity contribution is 0.0691. The van der Waals surface area contributed by atoms with Crippen molar-refractivity contribution >= 4 is 16.0 Å². The van der Waals surface area contributed by atoms with Crippen LogP contribution in [0.25, 0.3) is 0 Å². The number of aromatic nitrogens is 1. The van der Waals surface area contributed by atoms with E-state index in [4.69, 9.17) is 5.11 Å². The Hall–Kier alpha value is -1.34. The molecule has 0 amide bonds. The Bertz CT molecular complexity index is 530. The highest BCUT2D eigenvalue weighted by Gasteiger charge is 2.31. The number of carboxylic acids is 1. The molecule has 17 heavy (non-hydrogen) atoms. The second-order valence-electron chi connectivity index (χ2n) is 4.30. The number of sulfonamides is 1. The van der Waals surface area contributed by atoms with Gasteiger partial charge in [0.25, 0.3) is 0 Å². The molecule has 7 heteroatoms. The van der Waals surface area contributed by atoms with Crippen molar-refractivity contribution in [1.82, 2.24) is 9.71 Å². The van der Waals surface area contributed by atoms with Gasteiger partial charge in [-0.3, -0.25) is 0 Å². The van der Waals surface area contributed by atoms with Gasteiger partial charge in [-0.15, -0.1) is 0 Å². The fourth-order valence-electron chi connectivity index (χ4n) is 1.66. The summed E-state index contributed by atoms with van der Waals surface area (Å²) < 4.78 is 26.3. The van der Waals surface area contributed by atoms with E-state index in [1.807, 2.05) is 6.92 Å². The summed E-state index contributed by atoms with van der Waals surface area (Å²) in [5.41, 5.74) is -0.135. The normalized spacial score (nSPS) is 17.9. The first-order chi connectivity index (χ1) is 7.90. The average molecular weight is 258 g/mol. The van der Waals surface area contributed by atoms with Crippen LogP contribution in [0.15, 0.2) is 17.2 Å². The van der Waals surface area contributed by atoms with E-state index in [9.17, 15) is 13.2 Å². The molecule has 3 N–H and O–H groups in total. The Balaban J connectivity index is 2.15. The second-order valence-corrected chi connectivity index (χ2v) is 6.02. The molecule has 1 aliphatic carbocycles. The summed E-state index contributed by atoms with van der Waals surface area (Å²) in [5, 5.41) is 8.70. The van der Waals surface area contributed by atoms with Gasteiger partial charge in [0.1, 0.15) is 10.6 Å². The second kappa shape index (κ2) is 4.15. The number of nitrogens with one attached hydrogen (secondary N) is 2. The maximum atomic E-state index is 11.9. The third kappa shape index (κ3) is 2.67. The summed E-state index contributed by atoms with van der Waals surface area (Å²) in [5.74, 6) is -0.774. The van der Waals surface area contributed by atoms with E-state index >= 15 is 0 Å². The van der Waals surface area contributed by atoms with E-state index < -0.39 is 16.0 Å². The monoisotopic (exact) mass is 258 g/mol. The molecule has 1 saturated carbocycles. The smallest absolute Gasteiger partial charge is 0.352 e. The highest BCUT2D eigenvalue weighted by molar-refractivity contribution is 7.89. The van der Waals surface area contributed by atoms with Gasteiger partial charge in [0.2, 0.25) is 10.0 Å². The molecular weight excluding hydrogens is 244 g/mol. The van der Waals surface area contributed by atoms with Crippen molar-refractivity contribution in [2.75, 3.05) is 0 Å². The minimum Gasteiger partial charge on any atom is -0.477 e. The van der Waals surface area contributed by atoms with Gasteiger partial charge in [-0.25, -0.2) is 17.9 Å². The van der Waals surface area contributed by atoms with Gasteiger partial charge in [0.15, 0.2) is 0 Å². The molecule has 6 nitrogen and oxygen atoms in total. The van der Waals surface area contributed by atoms with Crippen LogP contribution < -0.4 is 4.72 Å². The quantitative estimate of drug-likeness (QED) is 0.727. The van der Waals surface area contributed by atoms with Crippen LogP contribution in [0.5, 0.6) is 0 Å². The van der Waals surface area contributed by atoms with E-state index in [2.05, 4.69) is 9.71 Å². The Kier molecular flexibility index (Phi) is 2.96. The minimum atomic E-state index is -3.62. The molecule has 0 radical (unpaired) electrons. The number of aromatic amines is 1. The van der Waals surface area contributed by atoms with E-state index in [1.165, 1.54) is 6.20 Å². The minimum absolute atomic E-state index is 0.0394. The summed E-state index contributed by atoms with van der Waals surface area (Å²) in [6, 6.07) is 1.01. The van der Waals surface area contributed by atoms with Crippen LogP contribution in [0, 0.1) is 5.92 Å². The Morgan fingerprint density at radius 3 is 2.71 bits per heavy atom. The van der Waals surface area contributed by atoms with E-state index in [0.717, 1.165) is 18.9 Å².